The minimum atomic E-state index is -1.13. The van der Waals surface area contributed by atoms with Crippen LogP contribution in [0.4, 0.5) is 5.69 Å². The van der Waals surface area contributed by atoms with Crippen molar-refractivity contribution in [3.05, 3.63) is 24.3 Å². The molecule has 2 N–H and O–H groups in total. The van der Waals surface area contributed by atoms with E-state index in [2.05, 4.69) is 5.32 Å². The molecule has 1 aromatic rings. The number of amides is 2. The van der Waals surface area contributed by atoms with Gasteiger partial charge in [0.25, 0.3) is 0 Å². The summed E-state index contributed by atoms with van der Waals surface area (Å²) >= 11 is 0. The summed E-state index contributed by atoms with van der Waals surface area (Å²) in [5, 5.41) is 12.5. The van der Waals surface area contributed by atoms with Gasteiger partial charge in [0.05, 0.1) is 31.8 Å². The number of likely N-dealkylation sites (tertiary alicyclic amines) is 1. The van der Waals surface area contributed by atoms with Crippen molar-refractivity contribution in [3.8, 4) is 5.75 Å². The van der Waals surface area contributed by atoms with Gasteiger partial charge in [0.15, 0.2) is 0 Å². The molecule has 1 aromatic carbocycles. The first kappa shape index (κ1) is 22.5. The predicted molar refractivity (Wildman–Crippen MR) is 114 cm³/mol. The van der Waals surface area contributed by atoms with Crippen molar-refractivity contribution >= 4 is 23.5 Å². The molecule has 9 nitrogen and oxygen atoms in total. The molecule has 2 bridgehead atoms. The summed E-state index contributed by atoms with van der Waals surface area (Å²) in [6, 6.07) is 5.91. The Balaban J connectivity index is 1.70. The Labute approximate surface area is 187 Å². The van der Waals surface area contributed by atoms with E-state index in [0.717, 1.165) is 0 Å². The Kier molecular flexibility index (Phi) is 5.89. The fourth-order valence-corrected chi connectivity index (χ4v) is 5.84. The zero-order valence-corrected chi connectivity index (χ0v) is 18.6. The summed E-state index contributed by atoms with van der Waals surface area (Å²) in [6.45, 7) is 3.53. The van der Waals surface area contributed by atoms with Crippen molar-refractivity contribution in [2.45, 2.75) is 50.4 Å². The van der Waals surface area contributed by atoms with Crippen LogP contribution in [-0.4, -0.2) is 71.9 Å². The van der Waals surface area contributed by atoms with Crippen LogP contribution in [0.1, 0.15) is 33.1 Å². The number of carbonyl (C=O) groups excluding carboxylic acids is 3. The van der Waals surface area contributed by atoms with Gasteiger partial charge in [-0.2, -0.15) is 0 Å². The molecular formula is C23H30N2O7. The summed E-state index contributed by atoms with van der Waals surface area (Å²) in [6.07, 6.45) is 1.58. The van der Waals surface area contributed by atoms with Crippen LogP contribution in [0.5, 0.6) is 5.75 Å². The van der Waals surface area contributed by atoms with Crippen molar-refractivity contribution in [1.82, 2.24) is 4.90 Å². The molecule has 3 saturated heterocycles. The molecule has 174 valence electrons. The quantitative estimate of drug-likeness (QED) is 0.579. The number of β-amino-alcohol motifs (C(OH)–C–C–N with tert-alkyl or cyclic N) is 1. The zero-order chi connectivity index (χ0) is 23.1. The lowest BCUT2D eigenvalue weighted by Crippen LogP contribution is -2.53. The molecular weight excluding hydrogens is 416 g/mol. The predicted octanol–water partition coefficient (Wildman–Crippen LogP) is 1.34. The highest BCUT2D eigenvalue weighted by Gasteiger charge is 2.78. The third kappa shape index (κ3) is 3.17. The number of carbonyl (C=O) groups is 3. The number of methoxy groups -OCH3 is 1. The van der Waals surface area contributed by atoms with Gasteiger partial charge in [-0.1, -0.05) is 6.92 Å². The molecule has 1 spiro atoms. The molecule has 3 aliphatic rings. The molecule has 3 fully saturated rings. The number of benzene rings is 1. The molecule has 9 heteroatoms. The molecule has 3 heterocycles. The van der Waals surface area contributed by atoms with Gasteiger partial charge < -0.3 is 29.5 Å². The molecule has 3 aliphatic heterocycles. The number of rotatable bonds is 8. The van der Waals surface area contributed by atoms with E-state index in [0.29, 0.717) is 30.7 Å². The smallest absolute Gasteiger partial charge is 0.312 e. The highest BCUT2D eigenvalue weighted by molar-refractivity contribution is 6.03. The highest BCUT2D eigenvalue weighted by Crippen LogP contribution is 2.64. The third-order valence-electron chi connectivity index (χ3n) is 7.17. The van der Waals surface area contributed by atoms with Crippen LogP contribution in [0.15, 0.2) is 24.3 Å². The summed E-state index contributed by atoms with van der Waals surface area (Å²) in [5.41, 5.74) is -1.40. The maximum atomic E-state index is 13.5. The molecule has 0 aliphatic carbocycles. The van der Waals surface area contributed by atoms with E-state index in [1.807, 2.05) is 6.92 Å². The van der Waals surface area contributed by atoms with Gasteiger partial charge in [0.1, 0.15) is 23.3 Å². The van der Waals surface area contributed by atoms with Crippen LogP contribution < -0.4 is 10.1 Å². The van der Waals surface area contributed by atoms with Gasteiger partial charge in [0, 0.05) is 12.2 Å². The molecule has 5 atom stereocenters. The van der Waals surface area contributed by atoms with Crippen LogP contribution in [0.25, 0.3) is 0 Å². The topological polar surface area (TPSA) is 114 Å². The Morgan fingerprint density at radius 3 is 2.56 bits per heavy atom. The van der Waals surface area contributed by atoms with E-state index in [4.69, 9.17) is 14.2 Å². The highest BCUT2D eigenvalue weighted by atomic mass is 16.6. The molecule has 0 aromatic heterocycles. The normalized spacial score (nSPS) is 32.7. The third-order valence-corrected chi connectivity index (χ3v) is 7.17. The number of aliphatic hydroxyl groups is 1. The van der Waals surface area contributed by atoms with Crippen LogP contribution in [0.3, 0.4) is 0 Å². The van der Waals surface area contributed by atoms with Gasteiger partial charge in [-0.15, -0.1) is 0 Å². The average molecular weight is 447 g/mol. The number of nitrogens with one attached hydrogen (secondary N) is 1. The average Bonchev–Trinajstić information content (AvgIpc) is 3.39. The van der Waals surface area contributed by atoms with Gasteiger partial charge in [-0.25, -0.2) is 0 Å². The first-order chi connectivity index (χ1) is 15.4. The zero-order valence-electron chi connectivity index (χ0n) is 18.6. The van der Waals surface area contributed by atoms with Crippen LogP contribution in [0, 0.1) is 11.8 Å². The largest absolute Gasteiger partial charge is 0.497 e. The lowest BCUT2D eigenvalue weighted by atomic mass is 9.65. The second-order valence-electron chi connectivity index (χ2n) is 8.56. The number of nitrogens with zero attached hydrogens (tertiary/aromatic N) is 1. The fourth-order valence-electron chi connectivity index (χ4n) is 5.84. The maximum absolute atomic E-state index is 13.5. The SMILES string of the molecule is CCOC(=O)[C@@H]1[C@H]2C(=O)N(CCO)C(C(=O)Nc3ccc(OC)cc3)C23CC[C@@]1(CC)O3. The van der Waals surface area contributed by atoms with Crippen LogP contribution in [0.2, 0.25) is 0 Å². The standard InChI is InChI=1S/C23H30N2O7/c1-4-22-10-11-23(32-22)16(17(22)21(29)31-5-2)20(28)25(12-13-26)18(23)19(27)24-14-6-8-15(30-3)9-7-14/h6-9,16-18,26H,4-5,10-13H2,1-3H3,(H,24,27)/t16-,17-,18?,22+,23?/m0/s1. The van der Waals surface area contributed by atoms with E-state index >= 15 is 0 Å². The monoisotopic (exact) mass is 446 g/mol. The fraction of sp³-hybridized carbons (Fsp3) is 0.609. The van der Waals surface area contributed by atoms with Gasteiger partial charge in [-0.3, -0.25) is 14.4 Å². The number of fused-ring (bicyclic) bond motifs is 1. The van der Waals surface area contributed by atoms with Crippen molar-refractivity contribution in [3.63, 3.8) is 0 Å². The number of esters is 1. The molecule has 2 amide bonds. The second kappa shape index (κ2) is 8.37. The lowest BCUT2D eigenvalue weighted by Gasteiger charge is -2.33. The number of hydrogen-bond donors (Lipinski definition) is 2. The van der Waals surface area contributed by atoms with Crippen molar-refractivity contribution in [2.24, 2.45) is 11.8 Å². The molecule has 2 unspecified atom stereocenters. The van der Waals surface area contributed by atoms with Crippen molar-refractivity contribution in [2.75, 3.05) is 32.2 Å². The van der Waals surface area contributed by atoms with Gasteiger partial charge in [0.2, 0.25) is 11.8 Å². The number of hydrogen-bond acceptors (Lipinski definition) is 7. The Hall–Kier alpha value is -2.65. The minimum Gasteiger partial charge on any atom is -0.497 e. The van der Waals surface area contributed by atoms with Gasteiger partial charge in [-0.05, 0) is 50.5 Å². The molecule has 0 radical (unpaired) electrons. The van der Waals surface area contributed by atoms with E-state index in [1.54, 1.807) is 38.3 Å². The first-order valence-corrected chi connectivity index (χ1v) is 11.1. The van der Waals surface area contributed by atoms with Crippen molar-refractivity contribution in [1.29, 1.82) is 0 Å². The minimum absolute atomic E-state index is 0.0180. The number of anilines is 1. The number of aliphatic hydroxyl groups excluding tert-OH is 1. The Morgan fingerprint density at radius 2 is 1.97 bits per heavy atom. The summed E-state index contributed by atoms with van der Waals surface area (Å²) in [7, 11) is 1.56. The van der Waals surface area contributed by atoms with Crippen molar-refractivity contribution < 1.29 is 33.7 Å². The first-order valence-electron chi connectivity index (χ1n) is 11.1. The molecule has 0 saturated carbocycles. The Morgan fingerprint density at radius 1 is 1.25 bits per heavy atom. The maximum Gasteiger partial charge on any atom is 0.312 e. The van der Waals surface area contributed by atoms with E-state index in [9.17, 15) is 19.5 Å². The molecule has 32 heavy (non-hydrogen) atoms. The molecule has 4 rings (SSSR count). The number of ether oxygens (including phenoxy) is 3. The summed E-state index contributed by atoms with van der Waals surface area (Å²) < 4.78 is 17.0. The van der Waals surface area contributed by atoms with Crippen LogP contribution in [-0.2, 0) is 23.9 Å². The summed E-state index contributed by atoms with van der Waals surface area (Å²) in [5.74, 6) is -2.14. The van der Waals surface area contributed by atoms with E-state index < -0.39 is 41.0 Å². The second-order valence-corrected chi connectivity index (χ2v) is 8.56. The van der Waals surface area contributed by atoms with Crippen LogP contribution >= 0.6 is 0 Å². The van der Waals surface area contributed by atoms with E-state index in [1.165, 1.54) is 4.90 Å². The van der Waals surface area contributed by atoms with E-state index in [-0.39, 0.29) is 25.7 Å². The summed E-state index contributed by atoms with van der Waals surface area (Å²) in [4.78, 5) is 41.3. The Bertz CT molecular complexity index is 904. The lowest BCUT2D eigenvalue weighted by molar-refractivity contribution is -0.160. The van der Waals surface area contributed by atoms with Gasteiger partial charge >= 0.3 is 5.97 Å².